The van der Waals surface area contributed by atoms with Gasteiger partial charge in [-0.25, -0.2) is 4.68 Å². The third-order valence-corrected chi connectivity index (χ3v) is 9.42. The van der Waals surface area contributed by atoms with Crippen LogP contribution < -0.4 is 5.32 Å². The van der Waals surface area contributed by atoms with Gasteiger partial charge in [-0.15, -0.1) is 16.9 Å². The van der Waals surface area contributed by atoms with Gasteiger partial charge in [0.2, 0.25) is 11.1 Å². The number of phenols is 1. The number of rotatable bonds is 10. The molecule has 0 radical (unpaired) electrons. The normalized spacial score (nSPS) is 24.2. The third kappa shape index (κ3) is 5.82. The summed E-state index contributed by atoms with van der Waals surface area (Å²) in [7, 11) is -4.25. The van der Waals surface area contributed by atoms with E-state index in [4.69, 9.17) is 4.55 Å². The minimum atomic E-state index is -4.25. The fraction of sp³-hybridized carbons (Fsp3) is 0.474. The Morgan fingerprint density at radius 3 is 2.65 bits per heavy atom. The van der Waals surface area contributed by atoms with E-state index >= 15 is 0 Å². The van der Waals surface area contributed by atoms with Crippen LogP contribution in [0.2, 0.25) is 0 Å². The number of carbonyl (C=O) groups excluding carboxylic acids is 2. The molecule has 0 aliphatic carbocycles. The van der Waals surface area contributed by atoms with Crippen molar-refractivity contribution >= 4 is 51.4 Å². The number of β-lactam (4-membered cyclic amide) rings is 1. The van der Waals surface area contributed by atoms with E-state index in [1.807, 2.05) is 0 Å². The maximum atomic E-state index is 12.8. The summed E-state index contributed by atoms with van der Waals surface area (Å²) in [4.78, 5) is 38.9. The number of carbonyl (C=O) groups is 3. The number of thioether (sulfide) groups is 2. The highest BCUT2D eigenvalue weighted by atomic mass is 32.2. The van der Waals surface area contributed by atoms with Crippen LogP contribution in [0.1, 0.15) is 11.7 Å². The second-order valence-electron chi connectivity index (χ2n) is 8.49. The van der Waals surface area contributed by atoms with Crippen LogP contribution >= 0.6 is 23.5 Å². The number of hydrogen-bond acceptors (Lipinski definition) is 12. The molecule has 0 bridgehead atoms. The van der Waals surface area contributed by atoms with Crippen LogP contribution in [0.15, 0.2) is 29.4 Å². The fourth-order valence-electron chi connectivity index (χ4n) is 3.79. The van der Waals surface area contributed by atoms with Gasteiger partial charge < -0.3 is 25.5 Å². The van der Waals surface area contributed by atoms with Gasteiger partial charge in [-0.1, -0.05) is 23.9 Å². The number of aliphatic hydroxyl groups excluding tert-OH is 1. The molecule has 15 nitrogen and oxygen atoms in total. The van der Waals surface area contributed by atoms with Gasteiger partial charge in [0.05, 0.1) is 12.3 Å². The molecule has 3 unspecified atom stereocenters. The number of phenolic OH excluding ortho intramolecular Hbond substituents is 1. The summed E-state index contributed by atoms with van der Waals surface area (Å²) in [5.74, 6) is -3.02. The molecular weight excluding hydrogens is 552 g/mol. The molecule has 4 atom stereocenters. The van der Waals surface area contributed by atoms with Crippen LogP contribution in [0, 0.1) is 5.41 Å². The first-order chi connectivity index (χ1) is 17.4. The predicted octanol–water partition coefficient (Wildman–Crippen LogP) is -1.44. The molecule has 0 saturated carbocycles. The molecule has 1 aromatic heterocycles. The number of tetrazole rings is 1. The number of amides is 2. The third-order valence-electron chi connectivity index (χ3n) is 5.89. The summed E-state index contributed by atoms with van der Waals surface area (Å²) in [6.07, 6.45) is -1.56. The molecule has 2 fully saturated rings. The quantitative estimate of drug-likeness (QED) is 0.125. The van der Waals surface area contributed by atoms with Gasteiger partial charge in [0.25, 0.3) is 16.0 Å². The fourth-order valence-corrected chi connectivity index (χ4v) is 6.96. The second kappa shape index (κ2) is 10.4. The van der Waals surface area contributed by atoms with Crippen molar-refractivity contribution < 1.29 is 42.7 Å². The van der Waals surface area contributed by atoms with Crippen molar-refractivity contribution in [2.75, 3.05) is 23.8 Å². The molecule has 2 amide bonds. The molecule has 1 aromatic carbocycles. The Morgan fingerprint density at radius 2 is 2.00 bits per heavy atom. The predicted molar refractivity (Wildman–Crippen MR) is 128 cm³/mol. The molecule has 4 rings (SSSR count). The van der Waals surface area contributed by atoms with Gasteiger partial charge in [-0.2, -0.15) is 8.42 Å². The number of carboxylic acids is 1. The molecule has 2 aromatic rings. The molecule has 5 N–H and O–H groups in total. The van der Waals surface area contributed by atoms with E-state index < -0.39 is 56.6 Å². The molecule has 18 heteroatoms. The first-order valence-corrected chi connectivity index (χ1v) is 14.3. The van der Waals surface area contributed by atoms with Crippen LogP contribution in [-0.2, 0) is 31.0 Å². The van der Waals surface area contributed by atoms with Crippen molar-refractivity contribution in [1.82, 2.24) is 30.4 Å². The zero-order valence-electron chi connectivity index (χ0n) is 18.9. The smallest absolute Gasteiger partial charge is 0.313 e. The number of nitrogens with zero attached hydrogens (tertiary/aromatic N) is 5. The number of aryl methyl sites for hydroxylation is 1. The van der Waals surface area contributed by atoms with Crippen molar-refractivity contribution in [2.45, 2.75) is 29.2 Å². The highest BCUT2D eigenvalue weighted by Crippen LogP contribution is 2.44. The topological polar surface area (TPSA) is 225 Å². The van der Waals surface area contributed by atoms with E-state index in [-0.39, 0.29) is 41.1 Å². The van der Waals surface area contributed by atoms with Crippen LogP contribution in [0.4, 0.5) is 0 Å². The number of fused-ring (bicyclic) bond motifs is 1. The van der Waals surface area contributed by atoms with E-state index in [9.17, 15) is 38.1 Å². The highest BCUT2D eigenvalue weighted by Gasteiger charge is 2.57. The average molecular weight is 575 g/mol. The maximum absolute atomic E-state index is 12.8. The molecule has 200 valence electrons. The largest absolute Gasteiger partial charge is 0.508 e. The number of aliphatic hydroxyl groups is 1. The summed E-state index contributed by atoms with van der Waals surface area (Å²) < 4.78 is 32.1. The van der Waals surface area contributed by atoms with Crippen LogP contribution in [0.3, 0.4) is 0 Å². The second-order valence-corrected chi connectivity index (χ2v) is 12.1. The van der Waals surface area contributed by atoms with Gasteiger partial charge in [0.1, 0.15) is 22.6 Å². The highest BCUT2D eigenvalue weighted by molar-refractivity contribution is 8.00. The number of aliphatic carboxylic acids is 1. The minimum Gasteiger partial charge on any atom is -0.508 e. The Balaban J connectivity index is 1.37. The maximum Gasteiger partial charge on any atom is 0.313 e. The van der Waals surface area contributed by atoms with E-state index in [2.05, 4.69) is 20.8 Å². The molecule has 2 aliphatic rings. The van der Waals surface area contributed by atoms with Crippen molar-refractivity contribution in [3.05, 3.63) is 29.8 Å². The van der Waals surface area contributed by atoms with Gasteiger partial charge in [-0.3, -0.25) is 18.9 Å². The summed E-state index contributed by atoms with van der Waals surface area (Å²) >= 11 is 2.16. The van der Waals surface area contributed by atoms with E-state index in [1.165, 1.54) is 40.9 Å². The number of hydrogen-bond donors (Lipinski definition) is 5. The van der Waals surface area contributed by atoms with Crippen molar-refractivity contribution in [1.29, 1.82) is 0 Å². The lowest BCUT2D eigenvalue weighted by Gasteiger charge is -2.53. The number of nitrogens with one attached hydrogen (secondary N) is 1. The zero-order chi connectivity index (χ0) is 27.0. The number of aromatic nitrogens is 4. The standard InChI is InChI=1S/C19H22N6O9S3/c26-11-3-1-10(2-4-11)13(27)14(28)20-12-15(29)24-7-19(17(30)31,8-35-16(12)24)9-36-18-21-22-23-25(18)5-6-37(32,33)34/h1-4,12-13,16,26-27H,5-9H2,(H,20,28)(H,30,31)(H,32,33,34)/t12?,13?,16-,19?/m1/s1. The Kier molecular flexibility index (Phi) is 7.65. The summed E-state index contributed by atoms with van der Waals surface area (Å²) in [5.41, 5.74) is -1.14. The van der Waals surface area contributed by atoms with Gasteiger partial charge >= 0.3 is 5.97 Å². The van der Waals surface area contributed by atoms with Crippen molar-refractivity contribution in [2.24, 2.45) is 5.41 Å². The first kappa shape index (κ1) is 27.1. The lowest BCUT2D eigenvalue weighted by Crippen LogP contribution is -2.74. The van der Waals surface area contributed by atoms with Gasteiger partial charge in [0.15, 0.2) is 6.10 Å². The molecule has 37 heavy (non-hydrogen) atoms. The molecule has 2 aliphatic heterocycles. The number of benzene rings is 1. The average Bonchev–Trinajstić information content (AvgIpc) is 3.31. The Hall–Kier alpha value is -2.93. The zero-order valence-corrected chi connectivity index (χ0v) is 21.3. The van der Waals surface area contributed by atoms with Crippen LogP contribution in [0.5, 0.6) is 5.75 Å². The molecule has 0 spiro atoms. The van der Waals surface area contributed by atoms with E-state index in [0.717, 1.165) is 16.4 Å². The lowest BCUT2D eigenvalue weighted by molar-refractivity contribution is -0.158. The molecular formula is C19H22N6O9S3. The number of aromatic hydroxyl groups is 1. The Morgan fingerprint density at radius 1 is 1.30 bits per heavy atom. The van der Waals surface area contributed by atoms with Crippen LogP contribution in [0.25, 0.3) is 0 Å². The number of carboxylic acid groups (broad SMARTS) is 1. The monoisotopic (exact) mass is 574 g/mol. The molecule has 2 saturated heterocycles. The van der Waals surface area contributed by atoms with Crippen LogP contribution in [-0.4, -0.2) is 106 Å². The summed E-state index contributed by atoms with van der Waals surface area (Å²) in [6.45, 7) is -0.363. The van der Waals surface area contributed by atoms with E-state index in [1.54, 1.807) is 0 Å². The Bertz CT molecular complexity index is 1300. The minimum absolute atomic E-state index is 0.0329. The van der Waals surface area contributed by atoms with Gasteiger partial charge in [0, 0.05) is 18.1 Å². The van der Waals surface area contributed by atoms with E-state index in [0.29, 0.717) is 0 Å². The SMILES string of the molecule is O=C(NC1C(=O)N2CC(CSc3nnnn3CCS(=O)(=O)O)(C(=O)O)CS[C@H]12)C(O)c1ccc(O)cc1. The Labute approximate surface area is 218 Å². The van der Waals surface area contributed by atoms with Gasteiger partial charge in [-0.05, 0) is 28.1 Å². The first-order valence-electron chi connectivity index (χ1n) is 10.7. The van der Waals surface area contributed by atoms with Crippen molar-refractivity contribution in [3.63, 3.8) is 0 Å². The summed E-state index contributed by atoms with van der Waals surface area (Å²) in [6, 6.07) is 4.45. The summed E-state index contributed by atoms with van der Waals surface area (Å²) in [5, 5.41) is 42.6. The molecule has 3 heterocycles. The lowest BCUT2D eigenvalue weighted by atomic mass is 9.89. The van der Waals surface area contributed by atoms with Crippen molar-refractivity contribution in [3.8, 4) is 5.75 Å².